The lowest BCUT2D eigenvalue weighted by Gasteiger charge is -2.32. The minimum Gasteiger partial charge on any atom is -0.481 e. The second-order valence-corrected chi connectivity index (χ2v) is 6.89. The van der Waals surface area contributed by atoms with Crippen LogP contribution in [-0.4, -0.2) is 44.8 Å². The molecule has 6 nitrogen and oxygen atoms in total. The Labute approximate surface area is 138 Å². The Hall–Kier alpha value is -1.99. The lowest BCUT2D eigenvalue weighted by molar-refractivity contribution is -0.139. The molecule has 1 aromatic heterocycles. The zero-order valence-electron chi connectivity index (χ0n) is 13.8. The highest BCUT2D eigenvalue weighted by molar-refractivity contribution is 5.80. The number of rotatable bonds is 4. The summed E-state index contributed by atoms with van der Waals surface area (Å²) in [5.41, 5.74) is 1.19. The van der Waals surface area contributed by atoms with Crippen molar-refractivity contribution in [3.8, 4) is 0 Å². The number of amides is 1. The van der Waals surface area contributed by atoms with E-state index in [1.54, 1.807) is 18.7 Å². The average Bonchev–Trinajstić information content (AvgIpc) is 3.15. The Balaban J connectivity index is 1.62. The van der Waals surface area contributed by atoms with Crippen LogP contribution in [0.1, 0.15) is 42.8 Å². The van der Waals surface area contributed by atoms with Crippen LogP contribution >= 0.6 is 0 Å². The van der Waals surface area contributed by atoms with Crippen molar-refractivity contribution in [2.45, 2.75) is 46.1 Å². The maximum Gasteiger partial charge on any atom is 0.333 e. The number of halogens is 2. The first kappa shape index (κ1) is 16.9. The first-order chi connectivity index (χ1) is 11.2. The molecule has 24 heavy (non-hydrogen) atoms. The molecule has 1 N–H and O–H groups in total. The predicted octanol–water partition coefficient (Wildman–Crippen LogP) is 2.15. The summed E-state index contributed by atoms with van der Waals surface area (Å²) in [7, 11) is 0. The van der Waals surface area contributed by atoms with Crippen LogP contribution in [0.15, 0.2) is 0 Å². The number of carboxylic acids is 1. The third-order valence-corrected chi connectivity index (χ3v) is 5.59. The fraction of sp³-hybridized carbons (Fsp3) is 0.688. The number of aromatic nitrogens is 2. The van der Waals surface area contributed by atoms with E-state index in [0.717, 1.165) is 0 Å². The predicted molar refractivity (Wildman–Crippen MR) is 80.6 cm³/mol. The van der Waals surface area contributed by atoms with E-state index in [-0.39, 0.29) is 23.7 Å². The van der Waals surface area contributed by atoms with Gasteiger partial charge in [-0.1, -0.05) is 0 Å². The summed E-state index contributed by atoms with van der Waals surface area (Å²) in [6.07, 6.45) is 2.15. The zero-order chi connectivity index (χ0) is 17.6. The summed E-state index contributed by atoms with van der Waals surface area (Å²) >= 11 is 0. The molecule has 0 radical (unpaired) electrons. The Bertz CT molecular complexity index is 678. The molecule has 1 spiro atoms. The molecule has 1 aromatic rings. The van der Waals surface area contributed by atoms with Gasteiger partial charge in [0.25, 0.3) is 0 Å². The van der Waals surface area contributed by atoms with Gasteiger partial charge in [0.2, 0.25) is 5.91 Å². The van der Waals surface area contributed by atoms with E-state index in [2.05, 4.69) is 5.10 Å². The summed E-state index contributed by atoms with van der Waals surface area (Å²) in [4.78, 5) is 25.3. The first-order valence-electron chi connectivity index (χ1n) is 8.08. The lowest BCUT2D eigenvalue weighted by atomic mass is 9.90. The van der Waals surface area contributed by atoms with Crippen LogP contribution in [0.3, 0.4) is 0 Å². The molecular weight excluding hydrogens is 320 g/mol. The summed E-state index contributed by atoms with van der Waals surface area (Å²) in [6.45, 7) is 1.52. The highest BCUT2D eigenvalue weighted by Crippen LogP contribution is 2.59. The Kier molecular flexibility index (Phi) is 4.09. The van der Waals surface area contributed by atoms with Gasteiger partial charge in [-0.3, -0.25) is 9.59 Å². The highest BCUT2D eigenvalue weighted by Gasteiger charge is 2.59. The standard InChI is InChI=1S/C16H21F2N3O3/c1-9-11(10(2)21(19-9)15(17)18)7-13(22)20-5-3-16(4-6-20)8-12(16)14(23)24/h12,15H,3-8H2,1-2H3,(H,23,24). The molecule has 1 saturated heterocycles. The third kappa shape index (κ3) is 2.78. The van der Waals surface area contributed by atoms with Crippen molar-refractivity contribution in [3.63, 3.8) is 0 Å². The minimum absolute atomic E-state index is 0.0553. The topological polar surface area (TPSA) is 75.4 Å². The second kappa shape index (κ2) is 5.82. The Morgan fingerprint density at radius 3 is 2.42 bits per heavy atom. The molecule has 1 atom stereocenters. The van der Waals surface area contributed by atoms with Gasteiger partial charge in [-0.2, -0.15) is 13.9 Å². The van der Waals surface area contributed by atoms with E-state index in [0.29, 0.717) is 54.0 Å². The normalized spacial score (nSPS) is 22.2. The molecule has 1 aliphatic heterocycles. The van der Waals surface area contributed by atoms with E-state index in [4.69, 9.17) is 5.11 Å². The Morgan fingerprint density at radius 1 is 1.33 bits per heavy atom. The highest BCUT2D eigenvalue weighted by atomic mass is 19.3. The molecule has 3 rings (SSSR count). The molecule has 2 aliphatic rings. The molecule has 1 amide bonds. The van der Waals surface area contributed by atoms with Gasteiger partial charge >= 0.3 is 12.5 Å². The van der Waals surface area contributed by atoms with Gasteiger partial charge in [0.1, 0.15) is 0 Å². The number of hydrogen-bond donors (Lipinski definition) is 1. The fourth-order valence-electron chi connectivity index (χ4n) is 3.86. The number of nitrogens with zero attached hydrogens (tertiary/aromatic N) is 3. The van der Waals surface area contributed by atoms with E-state index < -0.39 is 12.5 Å². The van der Waals surface area contributed by atoms with Crippen molar-refractivity contribution < 1.29 is 23.5 Å². The number of aliphatic carboxylic acids is 1. The third-order valence-electron chi connectivity index (χ3n) is 5.59. The van der Waals surface area contributed by atoms with Crippen molar-refractivity contribution >= 4 is 11.9 Å². The smallest absolute Gasteiger partial charge is 0.333 e. The summed E-state index contributed by atoms with van der Waals surface area (Å²) < 4.78 is 26.4. The van der Waals surface area contributed by atoms with Crippen molar-refractivity contribution in [1.29, 1.82) is 0 Å². The maximum absolute atomic E-state index is 12.9. The summed E-state index contributed by atoms with van der Waals surface area (Å²) in [5, 5.41) is 12.9. The van der Waals surface area contributed by atoms with Gasteiger partial charge in [0.15, 0.2) is 0 Å². The van der Waals surface area contributed by atoms with Crippen LogP contribution in [0.25, 0.3) is 0 Å². The summed E-state index contributed by atoms with van der Waals surface area (Å²) in [6, 6.07) is 0. The second-order valence-electron chi connectivity index (χ2n) is 6.89. The van der Waals surface area contributed by atoms with Gasteiger partial charge in [0, 0.05) is 24.3 Å². The number of piperidine rings is 1. The van der Waals surface area contributed by atoms with Crippen LogP contribution in [0, 0.1) is 25.2 Å². The van der Waals surface area contributed by atoms with Crippen LogP contribution in [0.5, 0.6) is 0 Å². The maximum atomic E-state index is 12.9. The lowest BCUT2D eigenvalue weighted by Crippen LogP contribution is -2.40. The van der Waals surface area contributed by atoms with Crippen molar-refractivity contribution in [3.05, 3.63) is 17.0 Å². The average molecular weight is 341 g/mol. The number of carboxylic acid groups (broad SMARTS) is 1. The molecule has 2 fully saturated rings. The van der Waals surface area contributed by atoms with Crippen molar-refractivity contribution in [1.82, 2.24) is 14.7 Å². The first-order valence-corrected chi connectivity index (χ1v) is 8.08. The van der Waals surface area contributed by atoms with Gasteiger partial charge in [-0.25, -0.2) is 4.68 Å². The molecule has 1 unspecified atom stereocenters. The molecule has 1 saturated carbocycles. The molecule has 2 heterocycles. The van der Waals surface area contributed by atoms with Gasteiger partial charge in [-0.05, 0) is 38.5 Å². The SMILES string of the molecule is Cc1nn(C(F)F)c(C)c1CC(=O)N1CCC2(CC1)CC2C(=O)O. The number of likely N-dealkylation sites (tertiary alicyclic amines) is 1. The fourth-order valence-corrected chi connectivity index (χ4v) is 3.86. The van der Waals surface area contributed by atoms with Crippen LogP contribution < -0.4 is 0 Å². The number of carbonyl (C=O) groups is 2. The zero-order valence-corrected chi connectivity index (χ0v) is 13.8. The monoisotopic (exact) mass is 341 g/mol. The van der Waals surface area contributed by atoms with E-state index in [1.807, 2.05) is 0 Å². The van der Waals surface area contributed by atoms with Crippen LogP contribution in [0.2, 0.25) is 0 Å². The van der Waals surface area contributed by atoms with E-state index in [9.17, 15) is 18.4 Å². The Morgan fingerprint density at radius 2 is 1.96 bits per heavy atom. The molecule has 0 aromatic carbocycles. The number of hydrogen-bond acceptors (Lipinski definition) is 3. The van der Waals surface area contributed by atoms with Crippen LogP contribution in [-0.2, 0) is 16.0 Å². The summed E-state index contributed by atoms with van der Waals surface area (Å²) in [5.74, 6) is -1.14. The number of aryl methyl sites for hydroxylation is 1. The van der Waals surface area contributed by atoms with Gasteiger partial charge in [0.05, 0.1) is 18.0 Å². The van der Waals surface area contributed by atoms with Crippen molar-refractivity contribution in [2.24, 2.45) is 11.3 Å². The molecule has 1 aliphatic carbocycles. The largest absolute Gasteiger partial charge is 0.481 e. The molecule has 8 heteroatoms. The molecule has 132 valence electrons. The number of alkyl halides is 2. The molecular formula is C16H21F2N3O3. The number of carbonyl (C=O) groups excluding carboxylic acids is 1. The molecule has 0 bridgehead atoms. The van der Waals surface area contributed by atoms with E-state index in [1.165, 1.54) is 0 Å². The van der Waals surface area contributed by atoms with Crippen molar-refractivity contribution in [2.75, 3.05) is 13.1 Å². The van der Waals surface area contributed by atoms with Crippen LogP contribution in [0.4, 0.5) is 8.78 Å². The van der Waals surface area contributed by atoms with Gasteiger partial charge < -0.3 is 10.0 Å². The van der Waals surface area contributed by atoms with Gasteiger partial charge in [-0.15, -0.1) is 0 Å². The van der Waals surface area contributed by atoms with E-state index >= 15 is 0 Å². The quantitative estimate of drug-likeness (QED) is 0.910. The minimum atomic E-state index is -2.72.